The molecule has 0 amide bonds. The fourth-order valence-electron chi connectivity index (χ4n) is 4.71. The smallest absolute Gasteiger partial charge is 0.274 e. The number of hydrogen-bond acceptors (Lipinski definition) is 4. The molecule has 1 saturated heterocycles. The molecular weight excluding hydrogens is 412 g/mol. The third-order valence-electron chi connectivity index (χ3n) is 6.75. The molecule has 1 aliphatic carbocycles. The molecule has 0 bridgehead atoms. The van der Waals surface area contributed by atoms with Crippen molar-refractivity contribution in [1.82, 2.24) is 14.3 Å². The number of anilines is 1. The molecule has 1 aliphatic heterocycles. The number of fused-ring (bicyclic) bond motifs is 1. The molecule has 2 N–H and O–H groups in total. The molecule has 0 unspecified atom stereocenters. The summed E-state index contributed by atoms with van der Waals surface area (Å²) in [6.07, 6.45) is 7.62. The van der Waals surface area contributed by atoms with Gasteiger partial charge in [-0.05, 0) is 55.4 Å². The van der Waals surface area contributed by atoms with Gasteiger partial charge in [0.25, 0.3) is 5.56 Å². The van der Waals surface area contributed by atoms with Gasteiger partial charge in [-0.1, -0.05) is 6.92 Å². The van der Waals surface area contributed by atoms with Gasteiger partial charge in [0.2, 0.25) is 10.0 Å². The minimum Gasteiger partial charge on any atom is -0.371 e. The fraction of sp³-hybridized carbons (Fsp3) is 0.435. The summed E-state index contributed by atoms with van der Waals surface area (Å²) >= 11 is 0. The van der Waals surface area contributed by atoms with Crippen molar-refractivity contribution in [3.05, 3.63) is 47.0 Å². The van der Waals surface area contributed by atoms with Crippen molar-refractivity contribution in [3.63, 3.8) is 0 Å². The van der Waals surface area contributed by atoms with E-state index in [1.165, 1.54) is 19.0 Å². The highest BCUT2D eigenvalue weighted by Crippen LogP contribution is 2.54. The molecule has 0 atom stereocenters. The highest BCUT2D eigenvalue weighted by molar-refractivity contribution is 7.89. The predicted molar refractivity (Wildman–Crippen MR) is 123 cm³/mol. The van der Waals surface area contributed by atoms with E-state index < -0.39 is 22.6 Å². The Morgan fingerprint density at radius 1 is 1.16 bits per heavy atom. The highest BCUT2D eigenvalue weighted by atomic mass is 32.2. The number of aryl methyl sites for hydroxylation is 1. The summed E-state index contributed by atoms with van der Waals surface area (Å²) < 4.78 is 52.5. The van der Waals surface area contributed by atoms with Crippen molar-refractivity contribution >= 4 is 26.6 Å². The van der Waals surface area contributed by atoms with E-state index in [4.69, 9.17) is 4.11 Å². The maximum Gasteiger partial charge on any atom is 0.274 e. The average Bonchev–Trinajstić information content (AvgIpc) is 3.33. The summed E-state index contributed by atoms with van der Waals surface area (Å²) in [4.78, 5) is 18.1. The summed E-state index contributed by atoms with van der Waals surface area (Å²) in [7, 11) is -3.74. The topological polar surface area (TPSA) is 87.2 Å². The number of H-pyrrole nitrogens is 1. The van der Waals surface area contributed by atoms with Gasteiger partial charge < -0.3 is 14.5 Å². The van der Waals surface area contributed by atoms with E-state index in [2.05, 4.69) is 14.6 Å². The van der Waals surface area contributed by atoms with Crippen molar-refractivity contribution in [1.29, 1.82) is 0 Å². The van der Waals surface area contributed by atoms with Gasteiger partial charge in [0.15, 0.2) is 0 Å². The lowest BCUT2D eigenvalue weighted by Gasteiger charge is -2.35. The second kappa shape index (κ2) is 7.24. The zero-order valence-corrected chi connectivity index (χ0v) is 18.3. The van der Waals surface area contributed by atoms with Crippen LogP contribution in [0.5, 0.6) is 0 Å². The van der Waals surface area contributed by atoms with E-state index in [1.54, 1.807) is 37.4 Å². The minimum atomic E-state index is -3.74. The molecule has 2 aromatic heterocycles. The van der Waals surface area contributed by atoms with Gasteiger partial charge in [-0.15, -0.1) is 0 Å². The van der Waals surface area contributed by atoms with E-state index in [0.717, 1.165) is 36.2 Å². The second-order valence-corrected chi connectivity index (χ2v) is 10.4. The zero-order valence-electron chi connectivity index (χ0n) is 20.4. The first-order chi connectivity index (χ1) is 16.0. The number of nitrogens with one attached hydrogen (secondary N) is 2. The summed E-state index contributed by atoms with van der Waals surface area (Å²) in [5, 5.41) is 0.556. The molecule has 3 heterocycles. The van der Waals surface area contributed by atoms with E-state index >= 15 is 0 Å². The van der Waals surface area contributed by atoms with Gasteiger partial charge in [0, 0.05) is 65.3 Å². The average molecular weight is 444 g/mol. The Morgan fingerprint density at radius 2 is 1.94 bits per heavy atom. The van der Waals surface area contributed by atoms with Crippen molar-refractivity contribution in [3.8, 4) is 11.1 Å². The normalized spacial score (nSPS) is 19.9. The second-order valence-electron chi connectivity index (χ2n) is 8.65. The lowest BCUT2D eigenvalue weighted by Crippen LogP contribution is -2.34. The number of pyridine rings is 1. The van der Waals surface area contributed by atoms with Gasteiger partial charge in [0.1, 0.15) is 5.52 Å². The van der Waals surface area contributed by atoms with Crippen LogP contribution in [0.2, 0.25) is 0 Å². The Kier molecular flexibility index (Phi) is 3.98. The van der Waals surface area contributed by atoms with Gasteiger partial charge in [-0.2, -0.15) is 0 Å². The van der Waals surface area contributed by atoms with Crippen LogP contribution in [0.25, 0.3) is 22.0 Å². The number of piperidine rings is 1. The van der Waals surface area contributed by atoms with Crippen LogP contribution < -0.4 is 15.2 Å². The first-order valence-corrected chi connectivity index (χ1v) is 12.2. The van der Waals surface area contributed by atoms with Crippen molar-refractivity contribution < 1.29 is 12.5 Å². The maximum absolute atomic E-state index is 12.9. The molecular formula is C23H28N4O3S. The molecule has 31 heavy (non-hydrogen) atoms. The molecule has 0 radical (unpaired) electrons. The lowest BCUT2D eigenvalue weighted by atomic mass is 9.92. The molecule has 1 aromatic carbocycles. The van der Waals surface area contributed by atoms with Gasteiger partial charge in [-0.25, -0.2) is 13.1 Å². The van der Waals surface area contributed by atoms with Crippen LogP contribution in [0, 0.1) is 5.41 Å². The van der Waals surface area contributed by atoms with Gasteiger partial charge in [-0.3, -0.25) is 4.79 Å². The molecule has 2 aliphatic rings. The summed E-state index contributed by atoms with van der Waals surface area (Å²) in [6, 6.07) is 6.70. The van der Waals surface area contributed by atoms with Crippen molar-refractivity contribution in [2.24, 2.45) is 12.4 Å². The number of sulfonamides is 1. The molecule has 5 rings (SSSR count). The van der Waals surface area contributed by atoms with Crippen LogP contribution in [0.4, 0.5) is 5.69 Å². The van der Waals surface area contributed by atoms with Crippen molar-refractivity contribution in [2.75, 3.05) is 24.5 Å². The number of benzene rings is 1. The summed E-state index contributed by atoms with van der Waals surface area (Å²) in [5.41, 5.74) is 1.93. The molecule has 3 aromatic rings. The van der Waals surface area contributed by atoms with Crippen LogP contribution >= 0.6 is 0 Å². The summed E-state index contributed by atoms with van der Waals surface area (Å²) in [5.74, 6) is 0. The monoisotopic (exact) mass is 443 g/mol. The molecule has 8 heteroatoms. The SMILES string of the molecule is [2H]C([2H])([2H])n1cc(-c2cc(S(=O)(=O)NCC)ccc2N2CCC3(CC2)CC3)c2cc[nH]c2c1=O. The van der Waals surface area contributed by atoms with E-state index in [-0.39, 0.29) is 17.0 Å². The van der Waals surface area contributed by atoms with E-state index in [9.17, 15) is 13.2 Å². The summed E-state index contributed by atoms with van der Waals surface area (Å²) in [6.45, 7) is 0.981. The predicted octanol–water partition coefficient (Wildman–Crippen LogP) is 3.21. The van der Waals surface area contributed by atoms with Crippen molar-refractivity contribution in [2.45, 2.75) is 37.5 Å². The quantitative estimate of drug-likeness (QED) is 0.634. The van der Waals surface area contributed by atoms with Crippen LogP contribution in [0.3, 0.4) is 0 Å². The third-order valence-corrected chi connectivity index (χ3v) is 8.30. The first-order valence-electron chi connectivity index (χ1n) is 12.2. The van der Waals surface area contributed by atoms with E-state index in [1.807, 2.05) is 0 Å². The molecule has 2 fully saturated rings. The Hall–Kier alpha value is -2.58. The standard InChI is InChI=1S/C23H28N4O3S/c1-3-25-31(29,30)16-4-5-20(27-12-9-23(7-8-23)10-13-27)18(14-16)19-15-26(2)22(28)21-17(19)6-11-24-21/h4-6,11,14-15,24-25H,3,7-10,12-13H2,1-2H3/i2D3. The van der Waals surface area contributed by atoms with Crippen LogP contribution in [0.15, 0.2) is 46.3 Å². The zero-order chi connectivity index (χ0) is 24.3. The van der Waals surface area contributed by atoms with Gasteiger partial charge >= 0.3 is 0 Å². The van der Waals surface area contributed by atoms with Crippen LogP contribution in [-0.2, 0) is 17.0 Å². The number of nitrogens with zero attached hydrogens (tertiary/aromatic N) is 2. The fourth-order valence-corrected chi connectivity index (χ4v) is 5.78. The number of rotatable bonds is 5. The van der Waals surface area contributed by atoms with E-state index in [0.29, 0.717) is 21.9 Å². The number of aromatic amines is 1. The number of aromatic nitrogens is 2. The maximum atomic E-state index is 12.9. The Morgan fingerprint density at radius 3 is 2.61 bits per heavy atom. The largest absolute Gasteiger partial charge is 0.371 e. The highest BCUT2D eigenvalue weighted by Gasteiger charge is 2.44. The lowest BCUT2D eigenvalue weighted by molar-refractivity contribution is 0.384. The molecule has 1 spiro atoms. The van der Waals surface area contributed by atoms with Crippen LogP contribution in [0.1, 0.15) is 36.7 Å². The Balaban J connectivity index is 1.73. The first kappa shape index (κ1) is 17.0. The minimum absolute atomic E-state index is 0.0964. The molecule has 7 nitrogen and oxygen atoms in total. The third kappa shape index (κ3) is 3.47. The molecule has 1 saturated carbocycles. The Bertz CT molecular complexity index is 1410. The van der Waals surface area contributed by atoms with Crippen LogP contribution in [-0.4, -0.2) is 37.6 Å². The molecule has 164 valence electrons. The Labute approximate surface area is 186 Å². The van der Waals surface area contributed by atoms with Gasteiger partial charge in [0.05, 0.1) is 4.90 Å². The number of hydrogen-bond donors (Lipinski definition) is 2.